The van der Waals surface area contributed by atoms with Gasteiger partial charge in [-0.1, -0.05) is 30.7 Å². The summed E-state index contributed by atoms with van der Waals surface area (Å²) in [5, 5.41) is 9.93. The molecule has 1 aliphatic heterocycles. The Bertz CT molecular complexity index is 770. The normalized spacial score (nSPS) is 20.8. The van der Waals surface area contributed by atoms with E-state index in [1.54, 1.807) is 24.3 Å². The van der Waals surface area contributed by atoms with Gasteiger partial charge >= 0.3 is 5.97 Å². The van der Waals surface area contributed by atoms with Crippen LogP contribution in [-0.2, 0) is 4.79 Å². The van der Waals surface area contributed by atoms with Crippen LogP contribution in [0.2, 0.25) is 5.02 Å². The van der Waals surface area contributed by atoms with E-state index >= 15 is 0 Å². The Labute approximate surface area is 144 Å². The van der Waals surface area contributed by atoms with Crippen molar-refractivity contribution in [2.45, 2.75) is 25.8 Å². The number of aliphatic carboxylic acids is 1. The van der Waals surface area contributed by atoms with Crippen LogP contribution in [-0.4, -0.2) is 34.5 Å². The molecule has 1 N–H and O–H groups in total. The first kappa shape index (κ1) is 16.6. The van der Waals surface area contributed by atoms with Crippen molar-refractivity contribution >= 4 is 23.5 Å². The van der Waals surface area contributed by atoms with Crippen molar-refractivity contribution in [2.75, 3.05) is 6.54 Å². The molecule has 126 valence electrons. The largest absolute Gasteiger partial charge is 0.480 e. The van der Waals surface area contributed by atoms with Crippen LogP contribution in [0.5, 0.6) is 0 Å². The lowest BCUT2D eigenvalue weighted by Crippen LogP contribution is -2.49. The summed E-state index contributed by atoms with van der Waals surface area (Å²) < 4.78 is 5.65. The third-order valence-electron chi connectivity index (χ3n) is 4.37. The summed E-state index contributed by atoms with van der Waals surface area (Å²) in [7, 11) is 0. The molecule has 1 fully saturated rings. The minimum atomic E-state index is -0.979. The average Bonchev–Trinajstić information content (AvgIpc) is 3.04. The maximum absolute atomic E-state index is 12.7. The van der Waals surface area contributed by atoms with Crippen LogP contribution in [0.15, 0.2) is 40.8 Å². The second-order valence-corrected chi connectivity index (χ2v) is 6.53. The maximum atomic E-state index is 12.7. The first-order chi connectivity index (χ1) is 11.5. The van der Waals surface area contributed by atoms with Crippen LogP contribution >= 0.6 is 11.6 Å². The average molecular weight is 348 g/mol. The molecule has 1 aromatic heterocycles. The molecule has 2 atom stereocenters. The Morgan fingerprint density at radius 2 is 2.00 bits per heavy atom. The van der Waals surface area contributed by atoms with Gasteiger partial charge in [0, 0.05) is 12.1 Å². The number of likely N-dealkylation sites (tertiary alicyclic amines) is 1. The van der Waals surface area contributed by atoms with E-state index in [0.29, 0.717) is 29.3 Å². The zero-order valence-corrected chi connectivity index (χ0v) is 14.0. The van der Waals surface area contributed by atoms with Crippen molar-refractivity contribution in [3.05, 3.63) is 47.2 Å². The second kappa shape index (κ2) is 6.69. The van der Waals surface area contributed by atoms with Crippen molar-refractivity contribution in [1.29, 1.82) is 0 Å². The summed E-state index contributed by atoms with van der Waals surface area (Å²) >= 11 is 6.14. The Morgan fingerprint density at radius 1 is 1.25 bits per heavy atom. The van der Waals surface area contributed by atoms with Crippen molar-refractivity contribution < 1.29 is 19.1 Å². The van der Waals surface area contributed by atoms with Crippen molar-refractivity contribution in [2.24, 2.45) is 5.92 Å². The molecule has 3 rings (SSSR count). The summed E-state index contributed by atoms with van der Waals surface area (Å²) in [6.07, 6.45) is 1.24. The highest BCUT2D eigenvalue weighted by molar-refractivity contribution is 6.33. The fourth-order valence-corrected chi connectivity index (χ4v) is 3.25. The van der Waals surface area contributed by atoms with Gasteiger partial charge in [-0.2, -0.15) is 0 Å². The van der Waals surface area contributed by atoms with Gasteiger partial charge in [-0.15, -0.1) is 0 Å². The van der Waals surface area contributed by atoms with Crippen LogP contribution in [0.1, 0.15) is 30.3 Å². The molecular weight excluding hydrogens is 330 g/mol. The number of carboxylic acid groups (broad SMARTS) is 1. The lowest BCUT2D eigenvalue weighted by atomic mass is 9.92. The van der Waals surface area contributed by atoms with Gasteiger partial charge in [-0.25, -0.2) is 4.79 Å². The van der Waals surface area contributed by atoms with E-state index in [9.17, 15) is 14.7 Å². The smallest absolute Gasteiger partial charge is 0.326 e. The molecule has 6 heteroatoms. The lowest BCUT2D eigenvalue weighted by Gasteiger charge is -2.35. The molecule has 1 saturated heterocycles. The summed E-state index contributed by atoms with van der Waals surface area (Å²) in [5.41, 5.74) is 0.695. The van der Waals surface area contributed by atoms with Gasteiger partial charge in [-0.05, 0) is 43.0 Å². The van der Waals surface area contributed by atoms with E-state index < -0.39 is 17.9 Å². The van der Waals surface area contributed by atoms with Crippen LogP contribution in [0.25, 0.3) is 11.3 Å². The standard InChI is InChI=1S/C18H18ClNO4/c1-11-8-9-20(14(10-11)18(22)23)17(21)16-7-6-15(24-16)12-4-2-3-5-13(12)19/h2-7,11,14H,8-10H2,1H3,(H,22,23). The fraction of sp³-hybridized carbons (Fsp3) is 0.333. The molecule has 0 spiro atoms. The molecule has 5 nitrogen and oxygen atoms in total. The van der Waals surface area contributed by atoms with E-state index in [4.69, 9.17) is 16.0 Å². The molecule has 0 bridgehead atoms. The molecule has 0 aliphatic carbocycles. The minimum absolute atomic E-state index is 0.130. The maximum Gasteiger partial charge on any atom is 0.326 e. The number of halogens is 1. The molecule has 2 aromatic rings. The number of amides is 1. The second-order valence-electron chi connectivity index (χ2n) is 6.13. The molecule has 24 heavy (non-hydrogen) atoms. The quantitative estimate of drug-likeness (QED) is 0.913. The number of furan rings is 1. The van der Waals surface area contributed by atoms with Gasteiger partial charge in [-0.3, -0.25) is 4.79 Å². The molecule has 2 unspecified atom stereocenters. The third kappa shape index (κ3) is 3.17. The van der Waals surface area contributed by atoms with Crippen LogP contribution in [0, 0.1) is 5.92 Å². The van der Waals surface area contributed by atoms with E-state index in [2.05, 4.69) is 0 Å². The van der Waals surface area contributed by atoms with E-state index in [1.807, 2.05) is 19.1 Å². The SMILES string of the molecule is CC1CCN(C(=O)c2ccc(-c3ccccc3Cl)o2)C(C(=O)O)C1. The summed E-state index contributed by atoms with van der Waals surface area (Å²) in [4.78, 5) is 25.5. The van der Waals surface area contributed by atoms with E-state index in [0.717, 1.165) is 6.42 Å². The van der Waals surface area contributed by atoms with Crippen LogP contribution in [0.4, 0.5) is 0 Å². The van der Waals surface area contributed by atoms with Crippen molar-refractivity contribution in [1.82, 2.24) is 4.90 Å². The van der Waals surface area contributed by atoms with Gasteiger partial charge in [0.25, 0.3) is 5.91 Å². The molecular formula is C18H18ClNO4. The molecule has 2 heterocycles. The zero-order valence-electron chi connectivity index (χ0n) is 13.2. The topological polar surface area (TPSA) is 70.8 Å². The summed E-state index contributed by atoms with van der Waals surface area (Å²) in [6.45, 7) is 2.42. The molecule has 1 aliphatic rings. The fourth-order valence-electron chi connectivity index (χ4n) is 3.02. The van der Waals surface area contributed by atoms with Gasteiger partial charge in [0.15, 0.2) is 5.76 Å². The Hall–Kier alpha value is -2.27. The Balaban J connectivity index is 1.85. The number of nitrogens with zero attached hydrogens (tertiary/aromatic N) is 1. The Morgan fingerprint density at radius 3 is 2.71 bits per heavy atom. The highest BCUT2D eigenvalue weighted by atomic mass is 35.5. The predicted molar refractivity (Wildman–Crippen MR) is 90.0 cm³/mol. The number of rotatable bonds is 3. The summed E-state index contributed by atoms with van der Waals surface area (Å²) in [6, 6.07) is 9.63. The third-order valence-corrected chi connectivity index (χ3v) is 4.70. The first-order valence-electron chi connectivity index (χ1n) is 7.86. The molecule has 0 saturated carbocycles. The zero-order chi connectivity index (χ0) is 17.3. The van der Waals surface area contributed by atoms with Crippen LogP contribution < -0.4 is 0 Å². The van der Waals surface area contributed by atoms with E-state index in [1.165, 1.54) is 4.90 Å². The highest BCUT2D eigenvalue weighted by Gasteiger charge is 2.36. The lowest BCUT2D eigenvalue weighted by molar-refractivity contribution is -0.144. The number of piperidine rings is 1. The van der Waals surface area contributed by atoms with Gasteiger partial charge in [0.2, 0.25) is 0 Å². The van der Waals surface area contributed by atoms with E-state index in [-0.39, 0.29) is 11.7 Å². The number of carboxylic acids is 1. The Kier molecular flexibility index (Phi) is 4.62. The number of hydrogen-bond donors (Lipinski definition) is 1. The molecule has 0 radical (unpaired) electrons. The number of hydrogen-bond acceptors (Lipinski definition) is 3. The predicted octanol–water partition coefficient (Wildman–Crippen LogP) is 3.93. The van der Waals surface area contributed by atoms with Gasteiger partial charge in [0.1, 0.15) is 11.8 Å². The van der Waals surface area contributed by atoms with Crippen molar-refractivity contribution in [3.8, 4) is 11.3 Å². The van der Waals surface area contributed by atoms with Crippen molar-refractivity contribution in [3.63, 3.8) is 0 Å². The van der Waals surface area contributed by atoms with Gasteiger partial charge in [0.05, 0.1) is 5.02 Å². The number of benzene rings is 1. The number of carbonyl (C=O) groups is 2. The minimum Gasteiger partial charge on any atom is -0.480 e. The first-order valence-corrected chi connectivity index (χ1v) is 8.23. The summed E-state index contributed by atoms with van der Waals surface area (Å²) in [5.74, 6) is -0.474. The monoisotopic (exact) mass is 347 g/mol. The molecule has 1 aromatic carbocycles. The van der Waals surface area contributed by atoms with Crippen LogP contribution in [0.3, 0.4) is 0 Å². The number of carbonyl (C=O) groups excluding carboxylic acids is 1. The highest BCUT2D eigenvalue weighted by Crippen LogP contribution is 2.30. The van der Waals surface area contributed by atoms with Gasteiger partial charge < -0.3 is 14.4 Å². The molecule has 1 amide bonds.